The van der Waals surface area contributed by atoms with E-state index in [2.05, 4.69) is 15.0 Å². The Balaban J connectivity index is 0.00000253. The van der Waals surface area contributed by atoms with Crippen LogP contribution in [0, 0.1) is 0 Å². The largest absolute Gasteiger partial charge is 0.505 e. The van der Waals surface area contributed by atoms with Gasteiger partial charge in [0, 0.05) is 33.6 Å². The molecule has 3 aromatic heterocycles. The maximum absolute atomic E-state index is 11.1. The van der Waals surface area contributed by atoms with Crippen LogP contribution in [0.15, 0.2) is 60.7 Å². The van der Waals surface area contributed by atoms with E-state index in [1.165, 1.54) is 6.08 Å². The molecular formula is C26H18N4NiO4. The average Bonchev–Trinajstić information content (AvgIpc) is 3.58. The number of aromatic hydroxyl groups is 2. The number of nitrogens with one attached hydrogen (secondary N) is 1. The Labute approximate surface area is 208 Å². The van der Waals surface area contributed by atoms with E-state index in [0.717, 1.165) is 11.0 Å². The van der Waals surface area contributed by atoms with E-state index in [0.29, 0.717) is 32.9 Å². The third-order valence-corrected chi connectivity index (χ3v) is 5.74. The fourth-order valence-electron chi connectivity index (χ4n) is 4.20. The van der Waals surface area contributed by atoms with Crippen molar-refractivity contribution in [2.24, 2.45) is 0 Å². The Bertz CT molecular complexity index is 1700. The van der Waals surface area contributed by atoms with Crippen LogP contribution in [0.5, 0.6) is 11.5 Å². The standard InChI is InChI=1S/C26H18N4O4.Ni/c31-21-13-19-11-17-7-6-15(27-17)10-16-8-9-18(28-16)12-20-22(14-4-2-1-3-5-14)25(32)24(30(20)34)26(33)23(21)29-19;/h1-13,27,31-34H;. The van der Waals surface area contributed by atoms with Gasteiger partial charge in [-0.15, -0.1) is 0 Å². The Morgan fingerprint density at radius 2 is 1.40 bits per heavy atom. The van der Waals surface area contributed by atoms with Crippen molar-refractivity contribution in [2.45, 2.75) is 0 Å². The summed E-state index contributed by atoms with van der Waals surface area (Å²) in [6.45, 7) is 0. The summed E-state index contributed by atoms with van der Waals surface area (Å²) in [5, 5.41) is 43.7. The first-order chi connectivity index (χ1) is 16.5. The molecule has 176 valence electrons. The quantitative estimate of drug-likeness (QED) is 0.154. The number of hydrogen-bond acceptors (Lipinski definition) is 6. The van der Waals surface area contributed by atoms with Crippen LogP contribution in [0.25, 0.3) is 57.2 Å². The summed E-state index contributed by atoms with van der Waals surface area (Å²) in [4.78, 5) is 12.1. The normalized spacial score (nSPS) is 12.3. The number of aliphatic hydroxyl groups excluding tert-OH is 1. The molecule has 0 unspecified atom stereocenters. The van der Waals surface area contributed by atoms with E-state index < -0.39 is 5.75 Å². The van der Waals surface area contributed by atoms with Gasteiger partial charge in [-0.1, -0.05) is 30.3 Å². The monoisotopic (exact) mass is 508 g/mol. The minimum Gasteiger partial charge on any atom is -0.505 e. The zero-order valence-electron chi connectivity index (χ0n) is 18.0. The first-order valence-electron chi connectivity index (χ1n) is 10.5. The number of rotatable bonds is 1. The van der Waals surface area contributed by atoms with Gasteiger partial charge in [-0.2, -0.15) is 4.73 Å². The van der Waals surface area contributed by atoms with Crippen molar-refractivity contribution in [3.63, 3.8) is 0 Å². The summed E-state index contributed by atoms with van der Waals surface area (Å²) in [5.74, 6) is -1.22. The Morgan fingerprint density at radius 3 is 2.11 bits per heavy atom. The summed E-state index contributed by atoms with van der Waals surface area (Å²) < 4.78 is 0.685. The molecule has 2 aliphatic heterocycles. The van der Waals surface area contributed by atoms with Gasteiger partial charge in [-0.25, -0.2) is 9.97 Å². The maximum atomic E-state index is 11.1. The number of nitrogens with zero attached hydrogens (tertiary/aromatic N) is 3. The average molecular weight is 509 g/mol. The molecule has 0 fully saturated rings. The van der Waals surface area contributed by atoms with Gasteiger partial charge in [0.05, 0.1) is 28.2 Å². The summed E-state index contributed by atoms with van der Waals surface area (Å²) in [7, 11) is 0. The van der Waals surface area contributed by atoms with Gasteiger partial charge in [0.2, 0.25) is 0 Å². The first-order valence-corrected chi connectivity index (χ1v) is 10.5. The molecule has 0 amide bonds. The van der Waals surface area contributed by atoms with E-state index in [1.54, 1.807) is 42.5 Å². The second kappa shape index (κ2) is 8.38. The number of benzene rings is 1. The van der Waals surface area contributed by atoms with E-state index in [9.17, 15) is 20.5 Å². The summed E-state index contributed by atoms with van der Waals surface area (Å²) in [5.41, 5.74) is 3.87. The number of fused-ring (bicyclic) bond motifs is 8. The van der Waals surface area contributed by atoms with E-state index >= 15 is 0 Å². The molecule has 4 aromatic rings. The second-order valence-corrected chi connectivity index (χ2v) is 8.00. The van der Waals surface area contributed by atoms with Crippen LogP contribution in [0.1, 0.15) is 22.8 Å². The van der Waals surface area contributed by atoms with Gasteiger partial charge in [0.15, 0.2) is 17.0 Å². The molecule has 8 bridgehead atoms. The smallest absolute Gasteiger partial charge is 0.176 e. The molecule has 0 aliphatic carbocycles. The van der Waals surface area contributed by atoms with Crippen molar-refractivity contribution in [3.8, 4) is 22.6 Å². The Hall–Kier alpha value is -4.49. The summed E-state index contributed by atoms with van der Waals surface area (Å²) in [6.07, 6.45) is 5.03. The number of aliphatic hydroxyl groups is 1. The van der Waals surface area contributed by atoms with Crippen LogP contribution < -0.4 is 0 Å². The second-order valence-electron chi connectivity index (χ2n) is 8.00. The molecular weight excluding hydrogens is 491 g/mol. The van der Waals surface area contributed by atoms with Gasteiger partial charge in [-0.05, 0) is 48.0 Å². The third kappa shape index (κ3) is 3.72. The number of aromatic amines is 1. The van der Waals surface area contributed by atoms with Crippen molar-refractivity contribution in [1.29, 1.82) is 0 Å². The minimum absolute atomic E-state index is 0. The molecule has 0 radical (unpaired) electrons. The molecule has 0 atom stereocenters. The Kier molecular flexibility index (Phi) is 5.34. The van der Waals surface area contributed by atoms with Crippen molar-refractivity contribution in [2.75, 3.05) is 0 Å². The van der Waals surface area contributed by atoms with Crippen LogP contribution in [-0.4, -0.2) is 40.2 Å². The molecule has 1 aromatic carbocycles. The first kappa shape index (κ1) is 22.3. The molecule has 6 rings (SSSR count). The van der Waals surface area contributed by atoms with Gasteiger partial charge in [0.25, 0.3) is 0 Å². The minimum atomic E-state index is -0.572. The predicted octanol–water partition coefficient (Wildman–Crippen LogP) is 5.33. The zero-order valence-corrected chi connectivity index (χ0v) is 18.9. The molecule has 5 heterocycles. The van der Waals surface area contributed by atoms with E-state index in [-0.39, 0.29) is 44.7 Å². The van der Waals surface area contributed by atoms with Gasteiger partial charge in [-0.3, -0.25) is 0 Å². The molecule has 0 saturated carbocycles. The van der Waals surface area contributed by atoms with Crippen LogP contribution in [0.4, 0.5) is 0 Å². The van der Waals surface area contributed by atoms with Crippen LogP contribution in [0.2, 0.25) is 0 Å². The van der Waals surface area contributed by atoms with Crippen LogP contribution in [0.3, 0.4) is 0 Å². The fraction of sp³-hybridized carbons (Fsp3) is 0. The molecule has 8 nitrogen and oxygen atoms in total. The van der Waals surface area contributed by atoms with Crippen molar-refractivity contribution in [1.82, 2.24) is 19.7 Å². The van der Waals surface area contributed by atoms with Crippen molar-refractivity contribution >= 4 is 46.1 Å². The number of H-pyrrole nitrogens is 1. The third-order valence-electron chi connectivity index (χ3n) is 5.74. The molecule has 2 aliphatic rings. The zero-order chi connectivity index (χ0) is 23.4. The van der Waals surface area contributed by atoms with Gasteiger partial charge in [0.1, 0.15) is 11.5 Å². The van der Waals surface area contributed by atoms with Gasteiger partial charge < -0.3 is 25.5 Å². The van der Waals surface area contributed by atoms with Crippen molar-refractivity contribution in [3.05, 3.63) is 83.4 Å². The fourth-order valence-corrected chi connectivity index (χ4v) is 4.20. The van der Waals surface area contributed by atoms with Crippen LogP contribution >= 0.6 is 0 Å². The Morgan fingerprint density at radius 1 is 0.743 bits per heavy atom. The van der Waals surface area contributed by atoms with Crippen LogP contribution in [-0.2, 0) is 16.5 Å². The molecule has 0 spiro atoms. The molecule has 0 saturated heterocycles. The maximum Gasteiger partial charge on any atom is 0.176 e. The SMILES string of the molecule is OC1=Cc2cc3ccc(cc4nc(cc5c(-c6ccccc6)c(O)c(c(O)c1n2)n5O)C=C4)[nH]3.[Ni]. The van der Waals surface area contributed by atoms with E-state index in [4.69, 9.17) is 0 Å². The summed E-state index contributed by atoms with van der Waals surface area (Å²) in [6, 6.07) is 17.9. The predicted molar refractivity (Wildman–Crippen MR) is 130 cm³/mol. The molecule has 9 heteroatoms. The molecule has 35 heavy (non-hydrogen) atoms. The van der Waals surface area contributed by atoms with E-state index in [1.807, 2.05) is 30.3 Å². The summed E-state index contributed by atoms with van der Waals surface area (Å²) >= 11 is 0. The topological polar surface area (TPSA) is 127 Å². The number of hydrogen-bond donors (Lipinski definition) is 5. The molecule has 5 N–H and O–H groups in total. The van der Waals surface area contributed by atoms with Crippen molar-refractivity contribution < 1.29 is 37.0 Å². The van der Waals surface area contributed by atoms with Gasteiger partial charge >= 0.3 is 0 Å². The number of aromatic nitrogens is 4.